The van der Waals surface area contributed by atoms with Crippen LogP contribution in [-0.2, 0) is 18.6 Å². The molecular weight excluding hydrogens is 716 g/mol. The second-order valence-corrected chi connectivity index (χ2v) is 14.9. The van der Waals surface area contributed by atoms with Crippen LogP contribution >= 0.6 is 0 Å². The van der Waals surface area contributed by atoms with E-state index in [1.54, 1.807) is 0 Å². The third kappa shape index (κ3) is 10.7. The minimum Gasteiger partial charge on any atom is -1.00 e. The number of aliphatic imine (C=N–C) groups is 2. The number of para-hydroxylation sites is 2. The molecule has 50 heavy (non-hydrogen) atoms. The molecule has 4 aliphatic carbocycles. The van der Waals surface area contributed by atoms with Crippen LogP contribution in [0.25, 0.3) is 0 Å². The summed E-state index contributed by atoms with van der Waals surface area (Å²) in [5.74, 6) is 2.55. The number of halogens is 3. The first-order valence-electron chi connectivity index (χ1n) is 19.1. The van der Waals surface area contributed by atoms with Crippen molar-refractivity contribution >= 4 is 23.8 Å². The zero-order valence-electron chi connectivity index (χ0n) is 29.7. The maximum Gasteiger partial charge on any atom is 3.00 e. The number of nitrogens with zero attached hydrogens (tertiary/aromatic N) is 3. The quantitative estimate of drug-likeness (QED) is 0.322. The van der Waals surface area contributed by atoms with Gasteiger partial charge in [-0.2, -0.15) is 0 Å². The summed E-state index contributed by atoms with van der Waals surface area (Å²) in [4.78, 5) is 15.7. The zero-order valence-corrected chi connectivity index (χ0v) is 33.4. The summed E-state index contributed by atoms with van der Waals surface area (Å²) >= 11 is 0. The molecule has 0 bridgehead atoms. The monoisotopic (exact) mass is 769 g/mol. The first-order chi connectivity index (χ1) is 22.8. The number of benzene rings is 2. The number of rotatable bonds is 8. The number of hydrogen-bond acceptors (Lipinski definition) is 3. The van der Waals surface area contributed by atoms with Crippen LogP contribution in [0.5, 0.6) is 0 Å². The summed E-state index contributed by atoms with van der Waals surface area (Å²) in [5.41, 5.74) is 10.3. The minimum absolute atomic E-state index is 0. The molecule has 2 aromatic carbocycles. The van der Waals surface area contributed by atoms with E-state index >= 15 is 0 Å². The molecule has 0 N–H and O–H groups in total. The van der Waals surface area contributed by atoms with E-state index in [0.717, 1.165) is 11.4 Å². The molecule has 4 saturated carbocycles. The third-order valence-electron chi connectivity index (χ3n) is 11.8. The Kier molecular flexibility index (Phi) is 18.7. The van der Waals surface area contributed by atoms with Crippen LogP contribution in [0.1, 0.15) is 186 Å². The Labute approximate surface area is 332 Å². The van der Waals surface area contributed by atoms with Crippen molar-refractivity contribution in [2.75, 3.05) is 0 Å². The van der Waals surface area contributed by atoms with E-state index in [9.17, 15) is 0 Å². The molecule has 7 rings (SSSR count). The van der Waals surface area contributed by atoms with Crippen LogP contribution in [0.3, 0.4) is 0 Å². The molecule has 4 aliphatic rings. The van der Waals surface area contributed by atoms with Gasteiger partial charge in [0, 0.05) is 0 Å². The van der Waals surface area contributed by atoms with Gasteiger partial charge in [0.05, 0.1) is 35.2 Å². The molecule has 0 unspecified atom stereocenters. The van der Waals surface area contributed by atoms with Crippen LogP contribution in [0.15, 0.2) is 64.6 Å². The van der Waals surface area contributed by atoms with Crippen molar-refractivity contribution < 1.29 is 55.8 Å². The van der Waals surface area contributed by atoms with Gasteiger partial charge in [-0.1, -0.05) is 120 Å². The van der Waals surface area contributed by atoms with E-state index in [1.165, 1.54) is 162 Å². The number of pyridine rings is 1. The summed E-state index contributed by atoms with van der Waals surface area (Å²) in [6.45, 7) is 0. The first kappa shape index (κ1) is 42.8. The Morgan fingerprint density at radius 2 is 0.660 bits per heavy atom. The van der Waals surface area contributed by atoms with Crippen molar-refractivity contribution in [1.29, 1.82) is 0 Å². The molecule has 0 atom stereocenters. The molecule has 0 radical (unpaired) electrons. The Bertz CT molecular complexity index is 1320. The standard InChI is InChI=1S/C43H55N3.3ClH.V/c1-5-16-32(17-6-1)38-26-14-27-39(33-18-7-2-8-19-33)42(38)44-30-36-24-13-25-37(46-36)31-45-43-40(34-20-9-3-10-21-34)28-15-29-41(43)35-22-11-4-12-23-35;;;;/h13-15,24-35H,1-12,16-23H2;3*1H;/q;;;;+3/p-3. The van der Waals surface area contributed by atoms with E-state index in [4.69, 9.17) is 15.0 Å². The van der Waals surface area contributed by atoms with E-state index < -0.39 is 0 Å². The van der Waals surface area contributed by atoms with Gasteiger partial charge in [-0.3, -0.25) is 9.98 Å². The van der Waals surface area contributed by atoms with Crippen LogP contribution in [0, 0.1) is 0 Å². The molecule has 3 nitrogen and oxygen atoms in total. The Hall–Kier alpha value is -1.62. The topological polar surface area (TPSA) is 37.6 Å². The molecule has 0 saturated heterocycles. The molecule has 1 aromatic heterocycles. The maximum atomic E-state index is 5.30. The second kappa shape index (κ2) is 21.8. The van der Waals surface area contributed by atoms with Gasteiger partial charge in [0.25, 0.3) is 0 Å². The van der Waals surface area contributed by atoms with E-state index in [2.05, 4.69) is 54.6 Å². The fraction of sp³-hybridized carbons (Fsp3) is 0.558. The summed E-state index contributed by atoms with van der Waals surface area (Å²) in [6, 6.07) is 20.5. The van der Waals surface area contributed by atoms with Crippen LogP contribution in [-0.4, -0.2) is 17.4 Å². The predicted molar refractivity (Wildman–Crippen MR) is 195 cm³/mol. The Morgan fingerprint density at radius 3 is 0.940 bits per heavy atom. The van der Waals surface area contributed by atoms with Crippen molar-refractivity contribution in [1.82, 2.24) is 4.98 Å². The van der Waals surface area contributed by atoms with Gasteiger partial charge in [-0.25, -0.2) is 4.98 Å². The molecule has 0 aliphatic heterocycles. The SMILES string of the molecule is C(=Nc1c(C2CCCCC2)cccc1C1CCCCC1)c1cccc(C=Nc2c(C3CCCCC3)cccc2C2CCCCC2)n1.[Cl-].[Cl-].[Cl-].[V+3]. The minimum atomic E-state index is 0. The first-order valence-corrected chi connectivity index (χ1v) is 19.1. The van der Waals surface area contributed by atoms with Crippen molar-refractivity contribution in [2.24, 2.45) is 9.98 Å². The van der Waals surface area contributed by atoms with Crippen molar-refractivity contribution in [2.45, 2.75) is 152 Å². The van der Waals surface area contributed by atoms with Gasteiger partial charge in [0.2, 0.25) is 0 Å². The van der Waals surface area contributed by atoms with Gasteiger partial charge in [-0.05, 0) is 109 Å². The average molecular weight is 771 g/mol. The number of hydrogen-bond donors (Lipinski definition) is 0. The molecule has 3 aromatic rings. The van der Waals surface area contributed by atoms with Gasteiger partial charge >= 0.3 is 18.6 Å². The largest absolute Gasteiger partial charge is 3.00 e. The molecule has 1 heterocycles. The predicted octanol–water partition coefficient (Wildman–Crippen LogP) is 3.78. The molecule has 0 amide bonds. The summed E-state index contributed by atoms with van der Waals surface area (Å²) in [5, 5.41) is 0. The molecule has 0 spiro atoms. The number of aromatic nitrogens is 1. The van der Waals surface area contributed by atoms with E-state index in [1.807, 2.05) is 12.4 Å². The summed E-state index contributed by atoms with van der Waals surface area (Å²) in [6.07, 6.45) is 30.7. The van der Waals surface area contributed by atoms with Crippen molar-refractivity contribution in [3.05, 3.63) is 88.2 Å². The fourth-order valence-corrected chi connectivity index (χ4v) is 9.30. The second-order valence-electron chi connectivity index (χ2n) is 14.9. The summed E-state index contributed by atoms with van der Waals surface area (Å²) in [7, 11) is 0. The average Bonchev–Trinajstić information content (AvgIpc) is 3.14. The summed E-state index contributed by atoms with van der Waals surface area (Å²) < 4.78 is 0. The van der Waals surface area contributed by atoms with Crippen LogP contribution in [0.2, 0.25) is 0 Å². The molecule has 268 valence electrons. The smallest absolute Gasteiger partial charge is 1.00 e. The van der Waals surface area contributed by atoms with E-state index in [-0.39, 0.29) is 55.8 Å². The maximum absolute atomic E-state index is 5.30. The Balaban J connectivity index is 0.00000169. The van der Waals surface area contributed by atoms with Gasteiger partial charge in [0.15, 0.2) is 0 Å². The third-order valence-corrected chi connectivity index (χ3v) is 11.8. The van der Waals surface area contributed by atoms with Gasteiger partial charge in [-0.15, -0.1) is 0 Å². The fourth-order valence-electron chi connectivity index (χ4n) is 9.30. The van der Waals surface area contributed by atoms with Gasteiger partial charge < -0.3 is 37.2 Å². The molecule has 7 heteroatoms. The molecular formula is C43H55Cl3N3V. The van der Waals surface area contributed by atoms with Crippen LogP contribution in [0.4, 0.5) is 11.4 Å². The Morgan fingerprint density at radius 1 is 0.400 bits per heavy atom. The normalized spacial score (nSPS) is 19.7. The van der Waals surface area contributed by atoms with Crippen LogP contribution < -0.4 is 37.2 Å². The van der Waals surface area contributed by atoms with Gasteiger partial charge in [0.1, 0.15) is 0 Å². The van der Waals surface area contributed by atoms with Crippen molar-refractivity contribution in [3.8, 4) is 0 Å². The van der Waals surface area contributed by atoms with E-state index in [0.29, 0.717) is 23.7 Å². The molecule has 4 fully saturated rings. The zero-order chi connectivity index (χ0) is 31.0. The van der Waals surface area contributed by atoms with Crippen molar-refractivity contribution in [3.63, 3.8) is 0 Å².